The average molecular weight is 145 g/mol. The van der Waals surface area contributed by atoms with E-state index in [4.69, 9.17) is 0 Å². The van der Waals surface area contributed by atoms with E-state index in [2.05, 4.69) is 20.6 Å². The lowest BCUT2D eigenvalue weighted by Gasteiger charge is -1.96. The summed E-state index contributed by atoms with van der Waals surface area (Å²) in [6.45, 7) is 0. The molecule has 0 aliphatic rings. The van der Waals surface area contributed by atoms with E-state index in [1.54, 1.807) is 0 Å². The summed E-state index contributed by atoms with van der Waals surface area (Å²) in [4.78, 5) is 0. The molecule has 0 unspecified atom stereocenters. The van der Waals surface area contributed by atoms with Crippen molar-refractivity contribution in [1.29, 1.82) is 0 Å². The Labute approximate surface area is 63.3 Å². The zero-order valence-corrected chi connectivity index (χ0v) is 5.68. The van der Waals surface area contributed by atoms with Crippen molar-refractivity contribution in [1.82, 2.24) is 20.6 Å². The Morgan fingerprint density at radius 1 is 1.09 bits per heavy atom. The average Bonchev–Trinajstić information content (AvgIpc) is 2.58. The third-order valence-corrected chi connectivity index (χ3v) is 1.35. The highest BCUT2D eigenvalue weighted by Crippen LogP contribution is 2.09. The van der Waals surface area contributed by atoms with E-state index in [1.165, 1.54) is 0 Å². The van der Waals surface area contributed by atoms with Gasteiger partial charge in [0.15, 0.2) is 0 Å². The molecule has 1 aromatic carbocycles. The summed E-state index contributed by atoms with van der Waals surface area (Å²) in [6.07, 6.45) is 0. The van der Waals surface area contributed by atoms with Gasteiger partial charge in [-0.2, -0.15) is 5.21 Å². The molecule has 0 saturated carbocycles. The molecule has 1 heterocycles. The van der Waals surface area contributed by atoms with Crippen LogP contribution in [0.1, 0.15) is 0 Å². The van der Waals surface area contributed by atoms with Gasteiger partial charge >= 0.3 is 0 Å². The van der Waals surface area contributed by atoms with Gasteiger partial charge in [-0.3, -0.25) is 10.3 Å². The Balaban J connectivity index is 2.46. The van der Waals surface area contributed by atoms with Gasteiger partial charge in [0.1, 0.15) is 0 Å². The maximum atomic E-state index is 3.71. The molecule has 11 heavy (non-hydrogen) atoms. The molecule has 0 radical (unpaired) electrons. The lowest BCUT2D eigenvalue weighted by atomic mass is 10.2. The van der Waals surface area contributed by atoms with Gasteiger partial charge < -0.3 is 5.10 Å². The second-order valence-electron chi connectivity index (χ2n) is 2.07. The van der Waals surface area contributed by atoms with E-state index >= 15 is 0 Å². The minimum atomic E-state index is 0.575. The van der Waals surface area contributed by atoms with Crippen LogP contribution in [0.3, 0.4) is 0 Å². The summed E-state index contributed by atoms with van der Waals surface area (Å²) in [6, 6.07) is 9.61. The number of aromatic nitrogens is 4. The molecule has 0 amide bonds. The van der Waals surface area contributed by atoms with E-state index in [9.17, 15) is 0 Å². The van der Waals surface area contributed by atoms with Gasteiger partial charge in [-0.15, -0.1) is 0 Å². The van der Waals surface area contributed by atoms with Crippen molar-refractivity contribution in [2.75, 3.05) is 0 Å². The molecule has 0 atom stereocenters. The number of benzene rings is 1. The fourth-order valence-electron chi connectivity index (χ4n) is 0.847. The van der Waals surface area contributed by atoms with Crippen LogP contribution in [0.25, 0.3) is 11.4 Å². The van der Waals surface area contributed by atoms with Crippen molar-refractivity contribution in [3.8, 4) is 11.4 Å². The number of rotatable bonds is 1. The highest BCUT2D eigenvalue weighted by molar-refractivity contribution is 5.52. The van der Waals surface area contributed by atoms with Gasteiger partial charge in [0.2, 0.25) is 0 Å². The van der Waals surface area contributed by atoms with Crippen molar-refractivity contribution in [2.24, 2.45) is 0 Å². The summed E-state index contributed by atoms with van der Waals surface area (Å²) in [5.74, 6) is 0.575. The second kappa shape index (κ2) is 2.49. The molecule has 0 fully saturated rings. The van der Waals surface area contributed by atoms with Crippen LogP contribution in [0.5, 0.6) is 0 Å². The Kier molecular flexibility index (Phi) is 1.37. The highest BCUT2D eigenvalue weighted by atomic mass is 15.5. The molecule has 0 bridgehead atoms. The Morgan fingerprint density at radius 2 is 1.91 bits per heavy atom. The van der Waals surface area contributed by atoms with Gasteiger partial charge in [0, 0.05) is 5.82 Å². The summed E-state index contributed by atoms with van der Waals surface area (Å²) in [5, 5.41) is 14.2. The molecule has 2 aromatic rings. The first-order chi connectivity index (χ1) is 5.47. The molecule has 0 N–H and O–H groups in total. The Morgan fingerprint density at radius 3 is 2.55 bits per heavy atom. The summed E-state index contributed by atoms with van der Waals surface area (Å²) < 4.78 is 0. The fourth-order valence-corrected chi connectivity index (χ4v) is 0.847. The van der Waals surface area contributed by atoms with Gasteiger partial charge in [-0.25, -0.2) is 0 Å². The van der Waals surface area contributed by atoms with E-state index < -0.39 is 0 Å². The van der Waals surface area contributed by atoms with Crippen molar-refractivity contribution in [3.05, 3.63) is 30.3 Å². The van der Waals surface area contributed by atoms with Gasteiger partial charge in [-0.1, -0.05) is 30.3 Å². The van der Waals surface area contributed by atoms with E-state index in [1.807, 2.05) is 30.3 Å². The summed E-state index contributed by atoms with van der Waals surface area (Å²) in [7, 11) is 0. The SMILES string of the molecule is c1ccc(-c2nnn[n-]2)cc1. The molecule has 4 nitrogen and oxygen atoms in total. The number of hydrogen-bond acceptors (Lipinski definition) is 3. The summed E-state index contributed by atoms with van der Waals surface area (Å²) in [5.41, 5.74) is 0.942. The molecule has 4 heteroatoms. The number of tetrazole rings is 1. The fraction of sp³-hybridized carbons (Fsp3) is 0. The van der Waals surface area contributed by atoms with E-state index in [0.29, 0.717) is 5.82 Å². The first-order valence-corrected chi connectivity index (χ1v) is 3.21. The Bertz CT molecular complexity index is 313. The number of nitrogens with zero attached hydrogens (tertiary/aromatic N) is 4. The van der Waals surface area contributed by atoms with Crippen LogP contribution in [-0.4, -0.2) is 15.5 Å². The van der Waals surface area contributed by atoms with Crippen LogP contribution in [0.2, 0.25) is 0 Å². The van der Waals surface area contributed by atoms with Crippen LogP contribution in [0.15, 0.2) is 30.3 Å². The molecule has 1 aromatic heterocycles. The largest absolute Gasteiger partial charge is 0.330 e. The van der Waals surface area contributed by atoms with Crippen molar-refractivity contribution < 1.29 is 0 Å². The third-order valence-electron chi connectivity index (χ3n) is 1.35. The minimum absolute atomic E-state index is 0.575. The molecule has 0 spiro atoms. The molecule has 0 aliphatic heterocycles. The van der Waals surface area contributed by atoms with Crippen LogP contribution >= 0.6 is 0 Å². The molecule has 0 saturated heterocycles. The molecular formula is C7H5N4-. The second-order valence-corrected chi connectivity index (χ2v) is 2.07. The zero-order chi connectivity index (χ0) is 7.52. The van der Waals surface area contributed by atoms with Crippen LogP contribution in [0.4, 0.5) is 0 Å². The molecule has 2 rings (SSSR count). The smallest absolute Gasteiger partial charge is 0.0397 e. The highest BCUT2D eigenvalue weighted by Gasteiger charge is 1.89. The third kappa shape index (κ3) is 1.10. The Hall–Kier alpha value is -1.71. The molecular weight excluding hydrogens is 140 g/mol. The summed E-state index contributed by atoms with van der Waals surface area (Å²) >= 11 is 0. The van der Waals surface area contributed by atoms with Crippen LogP contribution in [-0.2, 0) is 0 Å². The predicted molar refractivity (Wildman–Crippen MR) is 38.6 cm³/mol. The zero-order valence-electron chi connectivity index (χ0n) is 5.68. The lowest BCUT2D eigenvalue weighted by Crippen LogP contribution is -1.81. The van der Waals surface area contributed by atoms with Crippen molar-refractivity contribution >= 4 is 0 Å². The quantitative estimate of drug-likeness (QED) is 0.586. The topological polar surface area (TPSA) is 52.8 Å². The van der Waals surface area contributed by atoms with Gasteiger partial charge in [-0.05, 0) is 5.56 Å². The normalized spacial score (nSPS) is 9.82. The molecule has 54 valence electrons. The van der Waals surface area contributed by atoms with Crippen molar-refractivity contribution in [3.63, 3.8) is 0 Å². The number of hydrogen-bond donors (Lipinski definition) is 0. The minimum Gasteiger partial charge on any atom is -0.330 e. The van der Waals surface area contributed by atoms with E-state index in [-0.39, 0.29) is 0 Å². The maximum absolute atomic E-state index is 3.71. The van der Waals surface area contributed by atoms with Gasteiger partial charge in [0.25, 0.3) is 0 Å². The van der Waals surface area contributed by atoms with Crippen LogP contribution in [0, 0.1) is 0 Å². The first-order valence-electron chi connectivity index (χ1n) is 3.21. The van der Waals surface area contributed by atoms with Crippen LogP contribution < -0.4 is 5.10 Å². The maximum Gasteiger partial charge on any atom is 0.0397 e. The standard InChI is InChI=1S/C7H5N4/c1-2-4-6(5-3-1)7-8-10-11-9-7/h1-5H/q-1. The predicted octanol–water partition coefficient (Wildman–Crippen LogP) is 0.496. The van der Waals surface area contributed by atoms with Crippen molar-refractivity contribution in [2.45, 2.75) is 0 Å². The van der Waals surface area contributed by atoms with Gasteiger partial charge in [0.05, 0.1) is 0 Å². The van der Waals surface area contributed by atoms with E-state index in [0.717, 1.165) is 5.56 Å². The first kappa shape index (κ1) is 6.03. The monoisotopic (exact) mass is 145 g/mol. The lowest BCUT2D eigenvalue weighted by molar-refractivity contribution is 0.871. The molecule has 0 aliphatic carbocycles.